The van der Waals surface area contributed by atoms with E-state index in [-0.39, 0.29) is 18.2 Å². The zero-order chi connectivity index (χ0) is 22.1. The lowest BCUT2D eigenvalue weighted by Gasteiger charge is -2.26. The van der Waals surface area contributed by atoms with Crippen LogP contribution in [0.2, 0.25) is 0 Å². The zero-order valence-electron chi connectivity index (χ0n) is 16.0. The highest BCUT2D eigenvalue weighted by atomic mass is 32.2. The monoisotopic (exact) mass is 464 g/mol. The highest BCUT2D eigenvalue weighted by Crippen LogP contribution is 2.38. The minimum Gasteiger partial charge on any atom is -0.497 e. The number of alkyl halides is 3. The Morgan fingerprint density at radius 3 is 2.43 bits per heavy atom. The van der Waals surface area contributed by atoms with E-state index in [0.29, 0.717) is 20.5 Å². The SMILES string of the molecule is COc1ccc(CN(c2ccsc2CC2C(=O)ONC2C)S(=O)(=O)C(F)(F)F)cc1. The van der Waals surface area contributed by atoms with Crippen LogP contribution in [0.25, 0.3) is 0 Å². The van der Waals surface area contributed by atoms with Gasteiger partial charge in [0.25, 0.3) is 0 Å². The van der Waals surface area contributed by atoms with E-state index in [1.165, 1.54) is 42.8 Å². The molecule has 0 amide bonds. The molecule has 1 saturated heterocycles. The Bertz CT molecular complexity index is 1010. The van der Waals surface area contributed by atoms with Gasteiger partial charge in [-0.2, -0.15) is 21.6 Å². The van der Waals surface area contributed by atoms with Gasteiger partial charge in [0.2, 0.25) is 0 Å². The number of carbonyl (C=O) groups excluding carboxylic acids is 1. The number of methoxy groups -OCH3 is 1. The predicted octanol–water partition coefficient (Wildman–Crippen LogP) is 3.22. The molecule has 0 radical (unpaired) electrons. The van der Waals surface area contributed by atoms with Gasteiger partial charge in [0.05, 0.1) is 31.3 Å². The molecule has 12 heteroatoms. The molecule has 0 saturated carbocycles. The first-order chi connectivity index (χ1) is 14.0. The largest absolute Gasteiger partial charge is 0.516 e. The highest BCUT2D eigenvalue weighted by molar-refractivity contribution is 7.93. The summed E-state index contributed by atoms with van der Waals surface area (Å²) in [6.45, 7) is 1.17. The molecule has 1 N–H and O–H groups in total. The molecule has 1 aromatic heterocycles. The van der Waals surface area contributed by atoms with E-state index < -0.39 is 34.0 Å². The van der Waals surface area contributed by atoms with Crippen molar-refractivity contribution < 1.29 is 36.0 Å². The second kappa shape index (κ2) is 8.44. The van der Waals surface area contributed by atoms with Gasteiger partial charge < -0.3 is 9.57 Å². The molecule has 164 valence electrons. The first kappa shape index (κ1) is 22.4. The Morgan fingerprint density at radius 2 is 1.90 bits per heavy atom. The normalized spacial score (nSPS) is 19.6. The van der Waals surface area contributed by atoms with Crippen molar-refractivity contribution in [2.24, 2.45) is 5.92 Å². The lowest BCUT2D eigenvalue weighted by atomic mass is 9.98. The third-order valence-corrected chi connectivity index (χ3v) is 7.14. The molecule has 3 rings (SSSR count). The fourth-order valence-corrected chi connectivity index (χ4v) is 5.00. The summed E-state index contributed by atoms with van der Waals surface area (Å²) < 4.78 is 70.4. The van der Waals surface area contributed by atoms with Crippen molar-refractivity contribution in [2.75, 3.05) is 11.4 Å². The Morgan fingerprint density at radius 1 is 1.23 bits per heavy atom. The Balaban J connectivity index is 1.99. The zero-order valence-corrected chi connectivity index (χ0v) is 17.6. The third kappa shape index (κ3) is 4.40. The van der Waals surface area contributed by atoms with Crippen LogP contribution in [-0.2, 0) is 32.6 Å². The third-order valence-electron chi connectivity index (χ3n) is 4.72. The van der Waals surface area contributed by atoms with E-state index in [9.17, 15) is 26.4 Å². The molecule has 0 bridgehead atoms. The minimum atomic E-state index is -5.68. The first-order valence-corrected chi connectivity index (χ1v) is 11.1. The molecule has 2 unspecified atom stereocenters. The van der Waals surface area contributed by atoms with Crippen molar-refractivity contribution in [1.29, 1.82) is 0 Å². The quantitative estimate of drug-likeness (QED) is 0.678. The van der Waals surface area contributed by atoms with E-state index in [2.05, 4.69) is 5.48 Å². The number of anilines is 1. The van der Waals surface area contributed by atoms with Crippen molar-refractivity contribution in [1.82, 2.24) is 5.48 Å². The Hall–Kier alpha value is -2.31. The topological polar surface area (TPSA) is 84.9 Å². The summed E-state index contributed by atoms with van der Waals surface area (Å²) in [6, 6.07) is 7.00. The van der Waals surface area contributed by atoms with E-state index in [0.717, 1.165) is 11.3 Å². The van der Waals surface area contributed by atoms with Gasteiger partial charge in [-0.05, 0) is 42.5 Å². The highest BCUT2D eigenvalue weighted by Gasteiger charge is 2.51. The van der Waals surface area contributed by atoms with Gasteiger partial charge >= 0.3 is 21.5 Å². The van der Waals surface area contributed by atoms with E-state index >= 15 is 0 Å². The van der Waals surface area contributed by atoms with Crippen molar-refractivity contribution >= 4 is 33.0 Å². The standard InChI is InChI=1S/C18H19F3N2O5S2/c1-11-14(17(24)28-22-11)9-16-15(7-8-29-16)23(30(25,26)18(19,20)21)10-12-3-5-13(27-2)6-4-12/h3-8,11,14,22H,9-10H2,1-2H3. The predicted molar refractivity (Wildman–Crippen MR) is 104 cm³/mol. The molecular weight excluding hydrogens is 445 g/mol. The summed E-state index contributed by atoms with van der Waals surface area (Å²) in [5.74, 6) is -0.692. The molecule has 2 heterocycles. The number of hydroxylamine groups is 1. The van der Waals surface area contributed by atoms with Gasteiger partial charge in [0, 0.05) is 4.88 Å². The molecular formula is C18H19F3N2O5S2. The molecule has 1 aliphatic heterocycles. The number of rotatable bonds is 7. The smallest absolute Gasteiger partial charge is 0.497 e. The number of halogens is 3. The molecule has 0 spiro atoms. The van der Waals surface area contributed by atoms with E-state index in [4.69, 9.17) is 9.57 Å². The number of thiophene rings is 1. The molecule has 0 aliphatic carbocycles. The average molecular weight is 464 g/mol. The molecule has 30 heavy (non-hydrogen) atoms. The van der Waals surface area contributed by atoms with E-state index in [1.807, 2.05) is 0 Å². The summed E-state index contributed by atoms with van der Waals surface area (Å²) in [7, 11) is -4.24. The lowest BCUT2D eigenvalue weighted by Crippen LogP contribution is -2.40. The summed E-state index contributed by atoms with van der Waals surface area (Å²) in [4.78, 5) is 17.0. The molecule has 7 nitrogen and oxygen atoms in total. The summed E-state index contributed by atoms with van der Waals surface area (Å²) in [5, 5.41) is 1.50. The van der Waals surface area contributed by atoms with Gasteiger partial charge in [0.1, 0.15) is 5.75 Å². The van der Waals surface area contributed by atoms with Crippen LogP contribution in [-0.4, -0.2) is 33.0 Å². The van der Waals surface area contributed by atoms with Gasteiger partial charge in [-0.15, -0.1) is 16.8 Å². The summed E-state index contributed by atoms with van der Waals surface area (Å²) >= 11 is 1.08. The summed E-state index contributed by atoms with van der Waals surface area (Å²) in [5.41, 5.74) is -2.74. The number of hydrogen-bond acceptors (Lipinski definition) is 7. The first-order valence-electron chi connectivity index (χ1n) is 8.79. The van der Waals surface area contributed by atoms with Crippen LogP contribution in [0, 0.1) is 5.92 Å². The number of hydrogen-bond donors (Lipinski definition) is 1. The van der Waals surface area contributed by atoms with Crippen LogP contribution >= 0.6 is 11.3 Å². The minimum absolute atomic E-state index is 0.0481. The molecule has 1 aliphatic rings. The number of nitrogens with one attached hydrogen (secondary N) is 1. The maximum atomic E-state index is 13.4. The van der Waals surface area contributed by atoms with Crippen LogP contribution in [0.15, 0.2) is 35.7 Å². The van der Waals surface area contributed by atoms with Crippen LogP contribution in [0.4, 0.5) is 18.9 Å². The second-order valence-electron chi connectivity index (χ2n) is 6.67. The fraction of sp³-hybridized carbons (Fsp3) is 0.389. The average Bonchev–Trinajstić information content (AvgIpc) is 3.27. The van der Waals surface area contributed by atoms with Crippen molar-refractivity contribution in [2.45, 2.75) is 31.4 Å². The number of ether oxygens (including phenoxy) is 1. The molecule has 2 aromatic rings. The number of sulfonamides is 1. The van der Waals surface area contributed by atoms with Crippen LogP contribution in [0.5, 0.6) is 5.75 Å². The number of carbonyl (C=O) groups is 1. The van der Waals surface area contributed by atoms with Crippen molar-refractivity contribution in [3.63, 3.8) is 0 Å². The molecule has 1 fully saturated rings. The van der Waals surface area contributed by atoms with Crippen LogP contribution in [0.1, 0.15) is 17.4 Å². The van der Waals surface area contributed by atoms with Gasteiger partial charge in [-0.3, -0.25) is 4.31 Å². The number of benzene rings is 1. The molecule has 1 aromatic carbocycles. The van der Waals surface area contributed by atoms with Gasteiger partial charge in [-0.25, -0.2) is 4.79 Å². The van der Waals surface area contributed by atoms with Crippen LogP contribution in [0.3, 0.4) is 0 Å². The Labute approximate surface area is 175 Å². The summed E-state index contributed by atoms with van der Waals surface area (Å²) in [6.07, 6.45) is 0.0481. The maximum absolute atomic E-state index is 13.4. The van der Waals surface area contributed by atoms with E-state index in [1.54, 1.807) is 6.92 Å². The van der Waals surface area contributed by atoms with Crippen LogP contribution < -0.4 is 14.5 Å². The lowest BCUT2D eigenvalue weighted by molar-refractivity contribution is -0.145. The van der Waals surface area contributed by atoms with Gasteiger partial charge in [0.15, 0.2) is 0 Å². The van der Waals surface area contributed by atoms with Crippen molar-refractivity contribution in [3.8, 4) is 5.75 Å². The van der Waals surface area contributed by atoms with Crippen molar-refractivity contribution in [3.05, 3.63) is 46.2 Å². The molecule has 2 atom stereocenters. The Kier molecular flexibility index (Phi) is 6.29. The second-order valence-corrected chi connectivity index (χ2v) is 9.53. The number of nitrogens with zero attached hydrogens (tertiary/aromatic N) is 1. The maximum Gasteiger partial charge on any atom is 0.516 e. The fourth-order valence-electron chi connectivity index (χ4n) is 3.00. The van der Waals surface area contributed by atoms with Gasteiger partial charge in [-0.1, -0.05) is 12.1 Å².